The fraction of sp³-hybridized carbons (Fsp3) is 0.263. The Balaban J connectivity index is 1.75. The summed E-state index contributed by atoms with van der Waals surface area (Å²) in [6, 6.07) is 13.3. The van der Waals surface area contributed by atoms with Crippen molar-refractivity contribution in [1.29, 1.82) is 0 Å². The molecule has 140 valence electrons. The highest BCUT2D eigenvalue weighted by molar-refractivity contribution is 8.00. The maximum atomic E-state index is 12.6. The molecule has 0 unspecified atom stereocenters. The summed E-state index contributed by atoms with van der Waals surface area (Å²) in [4.78, 5) is 12.6. The Labute approximate surface area is 162 Å². The van der Waals surface area contributed by atoms with Crippen molar-refractivity contribution < 1.29 is 9.53 Å². The van der Waals surface area contributed by atoms with Gasteiger partial charge in [-0.15, -0.1) is 5.10 Å². The summed E-state index contributed by atoms with van der Waals surface area (Å²) in [5.41, 5.74) is 3.76. The van der Waals surface area contributed by atoms with Gasteiger partial charge in [0.2, 0.25) is 11.1 Å². The Kier molecular flexibility index (Phi) is 5.75. The molecule has 1 N–H and O–H groups in total. The van der Waals surface area contributed by atoms with Crippen LogP contribution in [0, 0.1) is 13.8 Å². The van der Waals surface area contributed by atoms with Gasteiger partial charge in [0.15, 0.2) is 0 Å². The van der Waals surface area contributed by atoms with E-state index in [0.717, 1.165) is 16.8 Å². The molecule has 0 aliphatic heterocycles. The maximum Gasteiger partial charge on any atom is 0.237 e. The van der Waals surface area contributed by atoms with Gasteiger partial charge in [-0.05, 0) is 60.5 Å². The molecule has 1 aromatic heterocycles. The third-order valence-corrected chi connectivity index (χ3v) is 5.06. The molecule has 1 amide bonds. The van der Waals surface area contributed by atoms with Crippen LogP contribution in [-0.4, -0.2) is 38.5 Å². The van der Waals surface area contributed by atoms with Crippen LogP contribution in [0.4, 0.5) is 5.69 Å². The summed E-state index contributed by atoms with van der Waals surface area (Å²) in [7, 11) is 1.59. The van der Waals surface area contributed by atoms with E-state index in [9.17, 15) is 4.79 Å². The summed E-state index contributed by atoms with van der Waals surface area (Å²) < 4.78 is 6.85. The minimum Gasteiger partial charge on any atom is -0.497 e. The van der Waals surface area contributed by atoms with Crippen molar-refractivity contribution in [2.45, 2.75) is 31.2 Å². The van der Waals surface area contributed by atoms with Crippen LogP contribution in [0.15, 0.2) is 47.6 Å². The number of ether oxygens (including phenoxy) is 1. The number of aryl methyl sites for hydroxylation is 2. The number of rotatable bonds is 6. The van der Waals surface area contributed by atoms with E-state index >= 15 is 0 Å². The lowest BCUT2D eigenvalue weighted by Gasteiger charge is -2.13. The number of methoxy groups -OCH3 is 1. The fourth-order valence-corrected chi connectivity index (χ4v) is 3.31. The van der Waals surface area contributed by atoms with Crippen molar-refractivity contribution >= 4 is 23.4 Å². The van der Waals surface area contributed by atoms with Crippen molar-refractivity contribution in [2.24, 2.45) is 0 Å². The number of aromatic nitrogens is 4. The SMILES string of the molecule is COc1cccc(NC(=O)[C@H](C)Sc2nnnn2-c2cc(C)ccc2C)c1. The van der Waals surface area contributed by atoms with E-state index in [1.54, 1.807) is 17.9 Å². The number of carbonyl (C=O) groups is 1. The molecule has 0 aliphatic carbocycles. The van der Waals surface area contributed by atoms with Crippen LogP contribution in [0.25, 0.3) is 5.69 Å². The predicted octanol–water partition coefficient (Wildman–Crippen LogP) is 3.41. The monoisotopic (exact) mass is 383 g/mol. The number of amides is 1. The van der Waals surface area contributed by atoms with E-state index in [-0.39, 0.29) is 11.2 Å². The highest BCUT2D eigenvalue weighted by atomic mass is 32.2. The molecule has 27 heavy (non-hydrogen) atoms. The molecule has 3 aromatic rings. The molecule has 0 saturated carbocycles. The van der Waals surface area contributed by atoms with Crippen molar-refractivity contribution in [3.05, 3.63) is 53.6 Å². The van der Waals surface area contributed by atoms with E-state index in [2.05, 4.69) is 20.8 Å². The third kappa shape index (κ3) is 4.46. The molecule has 3 rings (SSSR count). The second kappa shape index (κ2) is 8.22. The van der Waals surface area contributed by atoms with Gasteiger partial charge in [0.05, 0.1) is 18.0 Å². The van der Waals surface area contributed by atoms with Gasteiger partial charge in [0.25, 0.3) is 0 Å². The van der Waals surface area contributed by atoms with Gasteiger partial charge >= 0.3 is 0 Å². The van der Waals surface area contributed by atoms with Gasteiger partial charge in [-0.1, -0.05) is 30.0 Å². The number of tetrazole rings is 1. The Morgan fingerprint density at radius 2 is 2.04 bits per heavy atom. The number of hydrogen-bond acceptors (Lipinski definition) is 6. The van der Waals surface area contributed by atoms with E-state index in [4.69, 9.17) is 4.74 Å². The number of nitrogens with one attached hydrogen (secondary N) is 1. The first kappa shape index (κ1) is 18.9. The smallest absolute Gasteiger partial charge is 0.237 e. The minimum atomic E-state index is -0.383. The highest BCUT2D eigenvalue weighted by Gasteiger charge is 2.20. The van der Waals surface area contributed by atoms with Crippen molar-refractivity contribution in [2.75, 3.05) is 12.4 Å². The molecule has 0 spiro atoms. The van der Waals surface area contributed by atoms with Crippen LogP contribution in [0.2, 0.25) is 0 Å². The molecule has 8 heteroatoms. The average molecular weight is 383 g/mol. The standard InChI is InChI=1S/C19H21N5O2S/c1-12-8-9-13(2)17(10-12)24-19(21-22-23-24)27-14(3)18(25)20-15-6-5-7-16(11-15)26-4/h5-11,14H,1-4H3,(H,20,25)/t14-/m0/s1. The minimum absolute atomic E-state index is 0.135. The summed E-state index contributed by atoms with van der Waals surface area (Å²) in [6.07, 6.45) is 0. The van der Waals surface area contributed by atoms with Crippen LogP contribution < -0.4 is 10.1 Å². The molecule has 0 saturated heterocycles. The second-order valence-electron chi connectivity index (χ2n) is 6.14. The first-order valence-corrected chi connectivity index (χ1v) is 9.33. The van der Waals surface area contributed by atoms with Crippen molar-refractivity contribution in [3.63, 3.8) is 0 Å². The molecule has 0 bridgehead atoms. The molecule has 0 radical (unpaired) electrons. The zero-order chi connectivity index (χ0) is 19.4. The fourth-order valence-electron chi connectivity index (χ4n) is 2.51. The molecule has 0 aliphatic rings. The van der Waals surface area contributed by atoms with E-state index < -0.39 is 0 Å². The van der Waals surface area contributed by atoms with Gasteiger partial charge in [0, 0.05) is 11.8 Å². The molecular weight excluding hydrogens is 362 g/mol. The Hall–Kier alpha value is -2.87. The van der Waals surface area contributed by atoms with Gasteiger partial charge in [-0.3, -0.25) is 4.79 Å². The zero-order valence-electron chi connectivity index (χ0n) is 15.6. The zero-order valence-corrected chi connectivity index (χ0v) is 16.4. The summed E-state index contributed by atoms with van der Waals surface area (Å²) in [6.45, 7) is 5.84. The quantitative estimate of drug-likeness (QED) is 0.657. The topological polar surface area (TPSA) is 81.9 Å². The van der Waals surface area contributed by atoms with Gasteiger partial charge in [0.1, 0.15) is 5.75 Å². The highest BCUT2D eigenvalue weighted by Crippen LogP contribution is 2.26. The number of benzene rings is 2. The summed E-state index contributed by atoms with van der Waals surface area (Å²) >= 11 is 1.31. The molecule has 2 aromatic carbocycles. The summed E-state index contributed by atoms with van der Waals surface area (Å²) in [5.74, 6) is 0.552. The molecule has 1 atom stereocenters. The predicted molar refractivity (Wildman–Crippen MR) is 106 cm³/mol. The first-order valence-electron chi connectivity index (χ1n) is 8.45. The van der Waals surface area contributed by atoms with Gasteiger partial charge in [-0.25, -0.2) is 0 Å². The Morgan fingerprint density at radius 3 is 2.81 bits per heavy atom. The Morgan fingerprint density at radius 1 is 1.22 bits per heavy atom. The lowest BCUT2D eigenvalue weighted by molar-refractivity contribution is -0.115. The van der Waals surface area contributed by atoms with E-state index in [0.29, 0.717) is 16.6 Å². The second-order valence-corrected chi connectivity index (χ2v) is 7.45. The first-order chi connectivity index (χ1) is 13.0. The summed E-state index contributed by atoms with van der Waals surface area (Å²) in [5, 5.41) is 15.0. The Bertz CT molecular complexity index is 957. The molecule has 7 nitrogen and oxygen atoms in total. The normalized spacial score (nSPS) is 11.9. The van der Waals surface area contributed by atoms with Gasteiger partial charge < -0.3 is 10.1 Å². The van der Waals surface area contributed by atoms with Crippen LogP contribution in [-0.2, 0) is 4.79 Å². The van der Waals surface area contributed by atoms with E-state index in [1.165, 1.54) is 11.8 Å². The lowest BCUT2D eigenvalue weighted by Crippen LogP contribution is -2.23. The number of nitrogens with zero attached hydrogens (tertiary/aromatic N) is 4. The third-order valence-electron chi connectivity index (χ3n) is 4.02. The number of anilines is 1. The van der Waals surface area contributed by atoms with Crippen LogP contribution in [0.5, 0.6) is 5.75 Å². The molecule has 1 heterocycles. The van der Waals surface area contributed by atoms with Crippen LogP contribution in [0.3, 0.4) is 0 Å². The average Bonchev–Trinajstić information content (AvgIpc) is 3.11. The van der Waals surface area contributed by atoms with Crippen LogP contribution >= 0.6 is 11.8 Å². The number of hydrogen-bond donors (Lipinski definition) is 1. The van der Waals surface area contributed by atoms with Crippen molar-refractivity contribution in [3.8, 4) is 11.4 Å². The lowest BCUT2D eigenvalue weighted by atomic mass is 10.1. The molecular formula is C19H21N5O2S. The maximum absolute atomic E-state index is 12.6. The van der Waals surface area contributed by atoms with Gasteiger partial charge in [-0.2, -0.15) is 4.68 Å². The number of carbonyl (C=O) groups excluding carboxylic acids is 1. The largest absolute Gasteiger partial charge is 0.497 e. The van der Waals surface area contributed by atoms with Crippen molar-refractivity contribution in [1.82, 2.24) is 20.2 Å². The van der Waals surface area contributed by atoms with Crippen LogP contribution in [0.1, 0.15) is 18.1 Å². The van der Waals surface area contributed by atoms with E-state index in [1.807, 2.05) is 57.2 Å². The number of thioether (sulfide) groups is 1. The molecule has 0 fully saturated rings.